The van der Waals surface area contributed by atoms with Crippen LogP contribution in [0.3, 0.4) is 0 Å². The zero-order valence-corrected chi connectivity index (χ0v) is 10.3. The second-order valence-corrected chi connectivity index (χ2v) is 4.11. The maximum absolute atomic E-state index is 10.8. The van der Waals surface area contributed by atoms with Crippen LogP contribution < -0.4 is 10.6 Å². The molecule has 96 valence electrons. The van der Waals surface area contributed by atoms with Crippen molar-refractivity contribution in [1.29, 1.82) is 0 Å². The molecule has 1 unspecified atom stereocenters. The van der Waals surface area contributed by atoms with Crippen molar-refractivity contribution in [2.45, 2.75) is 13.0 Å². The number of aliphatic carboxylic acids is 1. The average Bonchev–Trinajstić information content (AvgIpc) is 2.68. The van der Waals surface area contributed by atoms with Crippen LogP contribution in [0.4, 0.5) is 5.69 Å². The molecule has 6 heteroatoms. The minimum atomic E-state index is -0.872. The summed E-state index contributed by atoms with van der Waals surface area (Å²) in [6.07, 6.45) is 0. The molecule has 1 aromatic carbocycles. The number of carboxylic acids is 1. The first-order valence-corrected chi connectivity index (χ1v) is 5.70. The van der Waals surface area contributed by atoms with Crippen molar-refractivity contribution in [2.75, 3.05) is 18.9 Å². The molecule has 0 radical (unpaired) electrons. The van der Waals surface area contributed by atoms with E-state index in [1.165, 1.54) is 0 Å². The van der Waals surface area contributed by atoms with Gasteiger partial charge in [-0.05, 0) is 32.2 Å². The van der Waals surface area contributed by atoms with E-state index in [1.807, 2.05) is 25.1 Å². The lowest BCUT2D eigenvalue weighted by molar-refractivity contribution is -0.138. The van der Waals surface area contributed by atoms with Gasteiger partial charge in [0.15, 0.2) is 0 Å². The van der Waals surface area contributed by atoms with Crippen molar-refractivity contribution in [3.63, 3.8) is 0 Å². The molecule has 2 rings (SSSR count). The maximum atomic E-state index is 10.8. The fourth-order valence-corrected chi connectivity index (χ4v) is 1.78. The number of aromatic nitrogens is 2. The summed E-state index contributed by atoms with van der Waals surface area (Å²) >= 11 is 0. The number of aryl methyl sites for hydroxylation is 1. The quantitative estimate of drug-likeness (QED) is 0.632. The normalized spacial score (nSPS) is 12.6. The summed E-state index contributed by atoms with van der Waals surface area (Å²) in [6, 6.07) is 5.10. The molecular weight excluding hydrogens is 232 g/mol. The number of nitrogens with one attached hydrogen (secondary N) is 3. The Kier molecular flexibility index (Phi) is 3.47. The molecule has 4 N–H and O–H groups in total. The number of aromatic amines is 1. The van der Waals surface area contributed by atoms with Gasteiger partial charge < -0.3 is 20.7 Å². The Labute approximate surface area is 104 Å². The number of benzene rings is 1. The minimum Gasteiger partial charge on any atom is -0.480 e. The van der Waals surface area contributed by atoms with Gasteiger partial charge in [-0.3, -0.25) is 4.79 Å². The van der Waals surface area contributed by atoms with Crippen molar-refractivity contribution >= 4 is 22.7 Å². The highest BCUT2D eigenvalue weighted by atomic mass is 16.4. The van der Waals surface area contributed by atoms with Gasteiger partial charge in [-0.2, -0.15) is 0 Å². The number of fused-ring (bicyclic) bond motifs is 1. The van der Waals surface area contributed by atoms with Gasteiger partial charge in [0.1, 0.15) is 11.9 Å². The largest absolute Gasteiger partial charge is 0.480 e. The van der Waals surface area contributed by atoms with Crippen molar-refractivity contribution < 1.29 is 9.90 Å². The maximum Gasteiger partial charge on any atom is 0.322 e. The Bertz CT molecular complexity index is 564. The molecule has 1 aromatic heterocycles. The number of rotatable bonds is 5. The number of H-pyrrole nitrogens is 1. The first kappa shape index (κ1) is 12.4. The molecule has 0 spiro atoms. The van der Waals surface area contributed by atoms with Crippen LogP contribution in [0.2, 0.25) is 0 Å². The van der Waals surface area contributed by atoms with Gasteiger partial charge in [-0.25, -0.2) is 4.98 Å². The van der Waals surface area contributed by atoms with Crippen LogP contribution in [0.25, 0.3) is 11.0 Å². The number of likely N-dealkylation sites (N-methyl/N-ethyl adjacent to an activating group) is 1. The van der Waals surface area contributed by atoms with Crippen molar-refractivity contribution in [3.8, 4) is 0 Å². The molecule has 0 aliphatic carbocycles. The molecule has 18 heavy (non-hydrogen) atoms. The summed E-state index contributed by atoms with van der Waals surface area (Å²) in [5.41, 5.74) is 2.71. The number of carboxylic acid groups (broad SMARTS) is 1. The molecule has 0 amide bonds. The third-order valence-electron chi connectivity index (χ3n) is 2.76. The van der Waals surface area contributed by atoms with E-state index in [9.17, 15) is 4.79 Å². The van der Waals surface area contributed by atoms with Gasteiger partial charge >= 0.3 is 5.97 Å². The lowest BCUT2D eigenvalue weighted by atomic mass is 10.2. The molecule has 6 nitrogen and oxygen atoms in total. The fraction of sp³-hybridized carbons (Fsp3) is 0.333. The molecule has 1 atom stereocenters. The van der Waals surface area contributed by atoms with Crippen LogP contribution >= 0.6 is 0 Å². The van der Waals surface area contributed by atoms with E-state index < -0.39 is 12.0 Å². The van der Waals surface area contributed by atoms with Crippen LogP contribution in [0, 0.1) is 6.92 Å². The Morgan fingerprint density at radius 2 is 2.33 bits per heavy atom. The fourth-order valence-electron chi connectivity index (χ4n) is 1.78. The van der Waals surface area contributed by atoms with Crippen molar-refractivity contribution in [2.24, 2.45) is 0 Å². The van der Waals surface area contributed by atoms with Crippen molar-refractivity contribution in [1.82, 2.24) is 15.3 Å². The highest BCUT2D eigenvalue weighted by Gasteiger charge is 2.13. The van der Waals surface area contributed by atoms with E-state index in [2.05, 4.69) is 20.6 Å². The highest BCUT2D eigenvalue weighted by Crippen LogP contribution is 2.16. The van der Waals surface area contributed by atoms with Crippen LogP contribution in [0.5, 0.6) is 0 Å². The Hall–Kier alpha value is -2.08. The number of anilines is 1. The molecule has 2 aromatic rings. The predicted octanol–water partition coefficient (Wildman–Crippen LogP) is 0.956. The molecule has 0 aliphatic heterocycles. The number of hydrogen-bond acceptors (Lipinski definition) is 4. The van der Waals surface area contributed by atoms with E-state index in [0.29, 0.717) is 6.54 Å². The first-order chi connectivity index (χ1) is 8.60. The third kappa shape index (κ3) is 2.60. The van der Waals surface area contributed by atoms with E-state index in [1.54, 1.807) is 7.05 Å². The molecule has 0 saturated carbocycles. The Morgan fingerprint density at radius 3 is 3.00 bits per heavy atom. The van der Waals surface area contributed by atoms with E-state index in [0.717, 1.165) is 22.5 Å². The van der Waals surface area contributed by atoms with Gasteiger partial charge in [-0.15, -0.1) is 0 Å². The zero-order chi connectivity index (χ0) is 13.1. The summed E-state index contributed by atoms with van der Waals surface area (Å²) in [4.78, 5) is 18.3. The molecule has 0 bridgehead atoms. The molecule has 0 fully saturated rings. The lowest BCUT2D eigenvalue weighted by Crippen LogP contribution is -2.39. The summed E-state index contributed by atoms with van der Waals surface area (Å²) < 4.78 is 0. The molecule has 1 heterocycles. The monoisotopic (exact) mass is 248 g/mol. The average molecular weight is 248 g/mol. The van der Waals surface area contributed by atoms with Crippen molar-refractivity contribution in [3.05, 3.63) is 24.0 Å². The number of hydrogen-bond donors (Lipinski definition) is 4. The van der Waals surface area contributed by atoms with Gasteiger partial charge in [0.2, 0.25) is 0 Å². The summed E-state index contributed by atoms with van der Waals surface area (Å²) in [7, 11) is 1.63. The summed E-state index contributed by atoms with van der Waals surface area (Å²) in [5, 5.41) is 14.7. The second kappa shape index (κ2) is 5.05. The predicted molar refractivity (Wildman–Crippen MR) is 69.8 cm³/mol. The first-order valence-electron chi connectivity index (χ1n) is 5.70. The van der Waals surface area contributed by atoms with Gasteiger partial charge in [-0.1, -0.05) is 0 Å². The van der Waals surface area contributed by atoms with E-state index in [-0.39, 0.29) is 0 Å². The number of imidazole rings is 1. The van der Waals surface area contributed by atoms with Crippen LogP contribution in [0.1, 0.15) is 5.82 Å². The SMILES string of the molecule is CNC(CNc1ccc2nc(C)[nH]c2c1)C(=O)O. The number of nitrogens with zero attached hydrogens (tertiary/aromatic N) is 1. The topological polar surface area (TPSA) is 90.0 Å². The summed E-state index contributed by atoms with van der Waals surface area (Å²) in [5.74, 6) is -0.00995. The Balaban J connectivity index is 2.09. The van der Waals surface area contributed by atoms with E-state index >= 15 is 0 Å². The summed E-state index contributed by atoms with van der Waals surface area (Å²) in [6.45, 7) is 2.22. The van der Waals surface area contributed by atoms with Gasteiger partial charge in [0.25, 0.3) is 0 Å². The van der Waals surface area contributed by atoms with Crippen LogP contribution in [0.15, 0.2) is 18.2 Å². The van der Waals surface area contributed by atoms with Gasteiger partial charge in [0, 0.05) is 12.2 Å². The zero-order valence-electron chi connectivity index (χ0n) is 10.3. The second-order valence-electron chi connectivity index (χ2n) is 4.11. The standard InChI is InChI=1S/C12H16N4O2/c1-7-15-9-4-3-8(5-10(9)16-7)14-6-11(13-2)12(17)18/h3-5,11,13-14H,6H2,1-2H3,(H,15,16)(H,17,18). The minimum absolute atomic E-state index is 0.324. The van der Waals surface area contributed by atoms with E-state index in [4.69, 9.17) is 5.11 Å². The highest BCUT2D eigenvalue weighted by molar-refractivity contribution is 5.79. The van der Waals surface area contributed by atoms with Crippen LogP contribution in [-0.4, -0.2) is 40.7 Å². The molecule has 0 saturated heterocycles. The molecular formula is C12H16N4O2. The van der Waals surface area contributed by atoms with Crippen LogP contribution in [-0.2, 0) is 4.79 Å². The number of carbonyl (C=O) groups is 1. The Morgan fingerprint density at radius 1 is 1.56 bits per heavy atom. The van der Waals surface area contributed by atoms with Gasteiger partial charge in [0.05, 0.1) is 11.0 Å². The third-order valence-corrected chi connectivity index (χ3v) is 2.76. The molecule has 0 aliphatic rings. The lowest BCUT2D eigenvalue weighted by Gasteiger charge is -2.13. The smallest absolute Gasteiger partial charge is 0.322 e.